The predicted molar refractivity (Wildman–Crippen MR) is 131 cm³/mol. The topological polar surface area (TPSA) is 90.0 Å². The lowest BCUT2D eigenvalue weighted by atomic mass is 10.1. The largest absolute Gasteiger partial charge is 0.335 e. The fourth-order valence-corrected chi connectivity index (χ4v) is 5.75. The van der Waals surface area contributed by atoms with Gasteiger partial charge in [0.1, 0.15) is 0 Å². The summed E-state index contributed by atoms with van der Waals surface area (Å²) in [5.74, 6) is -0.225. The molecule has 4 rings (SSSR count). The molecule has 2 aliphatic heterocycles. The molecule has 0 bridgehead atoms. The van der Waals surface area contributed by atoms with E-state index in [0.29, 0.717) is 43.0 Å². The molecule has 2 aromatic rings. The Morgan fingerprint density at radius 3 is 2.00 bits per heavy atom. The van der Waals surface area contributed by atoms with E-state index in [4.69, 9.17) is 0 Å². The zero-order valence-electron chi connectivity index (χ0n) is 19.8. The standard InChI is InChI=1S/C25H32N4O4S/c1-19-6-10-22(11-7-19)26-34(32,33)23-18-21(9-8-20(23)2)24(30)27-14-16-29(17-15-27)25(31)28-12-4-3-5-13-28/h6-11,18,26H,3-5,12-17H2,1-2H3. The molecule has 2 heterocycles. The van der Waals surface area contributed by atoms with Gasteiger partial charge in [-0.25, -0.2) is 13.2 Å². The van der Waals surface area contributed by atoms with Crippen LogP contribution in [-0.2, 0) is 10.0 Å². The number of piperazine rings is 1. The van der Waals surface area contributed by atoms with Crippen LogP contribution in [0.1, 0.15) is 40.7 Å². The summed E-state index contributed by atoms with van der Waals surface area (Å²) in [6, 6.07) is 11.9. The Labute approximate surface area is 201 Å². The summed E-state index contributed by atoms with van der Waals surface area (Å²) in [7, 11) is -3.86. The van der Waals surface area contributed by atoms with Gasteiger partial charge in [-0.15, -0.1) is 0 Å². The smallest absolute Gasteiger partial charge is 0.320 e. The van der Waals surface area contributed by atoms with E-state index in [0.717, 1.165) is 31.5 Å². The number of nitrogens with one attached hydrogen (secondary N) is 1. The van der Waals surface area contributed by atoms with Gasteiger partial charge in [-0.2, -0.15) is 0 Å². The number of carbonyl (C=O) groups is 2. The zero-order chi connectivity index (χ0) is 24.3. The molecule has 2 saturated heterocycles. The van der Waals surface area contributed by atoms with Crippen LogP contribution in [0.3, 0.4) is 0 Å². The van der Waals surface area contributed by atoms with Crippen LogP contribution in [0, 0.1) is 13.8 Å². The molecule has 34 heavy (non-hydrogen) atoms. The fourth-order valence-electron chi connectivity index (χ4n) is 4.42. The third kappa shape index (κ3) is 5.35. The van der Waals surface area contributed by atoms with Gasteiger partial charge >= 0.3 is 6.03 Å². The van der Waals surface area contributed by atoms with Crippen molar-refractivity contribution < 1.29 is 18.0 Å². The molecular formula is C25H32N4O4S. The summed E-state index contributed by atoms with van der Waals surface area (Å²) in [5.41, 5.74) is 2.39. The van der Waals surface area contributed by atoms with Gasteiger partial charge in [0.2, 0.25) is 0 Å². The fraction of sp³-hybridized carbons (Fsp3) is 0.440. The first-order valence-electron chi connectivity index (χ1n) is 11.8. The van der Waals surface area contributed by atoms with E-state index in [-0.39, 0.29) is 16.8 Å². The Balaban J connectivity index is 1.43. The first kappa shape index (κ1) is 24.1. The Morgan fingerprint density at radius 2 is 1.35 bits per heavy atom. The predicted octanol–water partition coefficient (Wildman–Crippen LogP) is 3.47. The molecule has 0 atom stereocenters. The summed E-state index contributed by atoms with van der Waals surface area (Å²) in [4.78, 5) is 31.4. The van der Waals surface area contributed by atoms with E-state index in [2.05, 4.69) is 4.72 Å². The average molecular weight is 485 g/mol. The molecule has 0 aliphatic carbocycles. The molecule has 0 radical (unpaired) electrons. The molecule has 8 nitrogen and oxygen atoms in total. The normalized spacial score (nSPS) is 16.9. The lowest BCUT2D eigenvalue weighted by molar-refractivity contribution is 0.0632. The quantitative estimate of drug-likeness (QED) is 0.720. The van der Waals surface area contributed by atoms with Crippen LogP contribution in [0.5, 0.6) is 0 Å². The average Bonchev–Trinajstić information content (AvgIpc) is 2.85. The molecule has 0 spiro atoms. The monoisotopic (exact) mass is 484 g/mol. The second-order valence-electron chi connectivity index (χ2n) is 9.06. The summed E-state index contributed by atoms with van der Waals surface area (Å²) in [6.07, 6.45) is 3.25. The number of aryl methyl sites for hydroxylation is 2. The van der Waals surface area contributed by atoms with Crippen LogP contribution in [0.4, 0.5) is 10.5 Å². The number of hydrogen-bond acceptors (Lipinski definition) is 4. The van der Waals surface area contributed by atoms with Crippen molar-refractivity contribution in [3.63, 3.8) is 0 Å². The SMILES string of the molecule is Cc1ccc(NS(=O)(=O)c2cc(C(=O)N3CCN(C(=O)N4CCCCC4)CC3)ccc2C)cc1. The second kappa shape index (κ2) is 10.0. The van der Waals surface area contributed by atoms with Gasteiger partial charge in [0.15, 0.2) is 0 Å². The molecule has 0 saturated carbocycles. The third-order valence-corrected chi connectivity index (χ3v) is 8.02. The van der Waals surface area contributed by atoms with Crippen molar-refractivity contribution in [3.05, 3.63) is 59.2 Å². The van der Waals surface area contributed by atoms with E-state index in [9.17, 15) is 18.0 Å². The van der Waals surface area contributed by atoms with Crippen LogP contribution in [0.2, 0.25) is 0 Å². The van der Waals surface area contributed by atoms with Crippen LogP contribution in [-0.4, -0.2) is 74.3 Å². The Bertz CT molecular complexity index is 1150. The third-order valence-electron chi connectivity index (χ3n) is 6.49. The molecule has 2 fully saturated rings. The van der Waals surface area contributed by atoms with Gasteiger partial charge in [0, 0.05) is 50.5 Å². The van der Waals surface area contributed by atoms with Gasteiger partial charge in [-0.3, -0.25) is 9.52 Å². The number of anilines is 1. The lowest BCUT2D eigenvalue weighted by Gasteiger charge is -2.38. The van der Waals surface area contributed by atoms with Crippen molar-refractivity contribution in [1.29, 1.82) is 0 Å². The number of likely N-dealkylation sites (tertiary alicyclic amines) is 1. The number of rotatable bonds is 4. The van der Waals surface area contributed by atoms with Gasteiger partial charge in [-0.05, 0) is 62.9 Å². The highest BCUT2D eigenvalue weighted by molar-refractivity contribution is 7.92. The highest BCUT2D eigenvalue weighted by Crippen LogP contribution is 2.22. The van der Waals surface area contributed by atoms with Gasteiger partial charge in [0.25, 0.3) is 15.9 Å². The minimum absolute atomic E-state index is 0.0534. The summed E-state index contributed by atoms with van der Waals surface area (Å²) in [5, 5.41) is 0. The van der Waals surface area contributed by atoms with E-state index in [1.54, 1.807) is 36.1 Å². The molecule has 182 valence electrons. The van der Waals surface area contributed by atoms with Crippen molar-refractivity contribution in [2.45, 2.75) is 38.0 Å². The van der Waals surface area contributed by atoms with E-state index in [1.807, 2.05) is 28.9 Å². The maximum Gasteiger partial charge on any atom is 0.320 e. The van der Waals surface area contributed by atoms with Crippen molar-refractivity contribution in [2.24, 2.45) is 0 Å². The first-order chi connectivity index (χ1) is 16.2. The number of nitrogens with zero attached hydrogens (tertiary/aromatic N) is 3. The van der Waals surface area contributed by atoms with Crippen molar-refractivity contribution in [2.75, 3.05) is 44.0 Å². The lowest BCUT2D eigenvalue weighted by Crippen LogP contribution is -2.54. The Morgan fingerprint density at radius 1 is 0.765 bits per heavy atom. The van der Waals surface area contributed by atoms with Crippen molar-refractivity contribution in [3.8, 4) is 0 Å². The Kier molecular flexibility index (Phi) is 7.11. The molecule has 0 aromatic heterocycles. The molecule has 2 aromatic carbocycles. The number of sulfonamides is 1. The van der Waals surface area contributed by atoms with Crippen LogP contribution in [0.25, 0.3) is 0 Å². The maximum atomic E-state index is 13.2. The number of amides is 3. The van der Waals surface area contributed by atoms with Crippen LogP contribution in [0.15, 0.2) is 47.4 Å². The number of piperidine rings is 1. The first-order valence-corrected chi connectivity index (χ1v) is 13.3. The van der Waals surface area contributed by atoms with E-state index < -0.39 is 10.0 Å². The summed E-state index contributed by atoms with van der Waals surface area (Å²) in [6.45, 7) is 7.06. The van der Waals surface area contributed by atoms with E-state index >= 15 is 0 Å². The molecule has 1 N–H and O–H groups in total. The minimum atomic E-state index is -3.86. The Hall–Kier alpha value is -3.07. The van der Waals surface area contributed by atoms with Gasteiger partial charge < -0.3 is 14.7 Å². The van der Waals surface area contributed by atoms with Gasteiger partial charge in [-0.1, -0.05) is 23.8 Å². The van der Waals surface area contributed by atoms with Crippen LogP contribution >= 0.6 is 0 Å². The summed E-state index contributed by atoms with van der Waals surface area (Å²) < 4.78 is 28.7. The second-order valence-corrected chi connectivity index (χ2v) is 10.7. The van der Waals surface area contributed by atoms with E-state index in [1.165, 1.54) is 12.5 Å². The molecule has 3 amide bonds. The number of urea groups is 1. The maximum absolute atomic E-state index is 13.2. The molecular weight excluding hydrogens is 452 g/mol. The van der Waals surface area contributed by atoms with Crippen molar-refractivity contribution >= 4 is 27.6 Å². The highest BCUT2D eigenvalue weighted by Gasteiger charge is 2.29. The van der Waals surface area contributed by atoms with Crippen LogP contribution < -0.4 is 4.72 Å². The number of carbonyl (C=O) groups excluding carboxylic acids is 2. The molecule has 2 aliphatic rings. The van der Waals surface area contributed by atoms with Gasteiger partial charge in [0.05, 0.1) is 4.90 Å². The molecule has 9 heteroatoms. The summed E-state index contributed by atoms with van der Waals surface area (Å²) >= 11 is 0. The highest BCUT2D eigenvalue weighted by atomic mass is 32.2. The number of benzene rings is 2. The van der Waals surface area contributed by atoms with Crippen molar-refractivity contribution in [1.82, 2.24) is 14.7 Å². The zero-order valence-corrected chi connectivity index (χ0v) is 20.6. The minimum Gasteiger partial charge on any atom is -0.335 e. The molecule has 0 unspecified atom stereocenters. The number of hydrogen-bond donors (Lipinski definition) is 1.